The number of esters is 1. The molecular formula is C29H23BrN2O6S. The van der Waals surface area contributed by atoms with Gasteiger partial charge in [0.2, 0.25) is 6.79 Å². The molecule has 0 aliphatic carbocycles. The topological polar surface area (TPSA) is 92.3 Å². The SMILES string of the molecule is CCOC(=O)C1=C(C)N=c2s/c(=C\c3ccc(-c4ccc(C)cc4Br)o3)c(=O)n2[C@@H]1c1ccc2c(c1)OCO2. The Morgan fingerprint density at radius 3 is 2.77 bits per heavy atom. The number of fused-ring (bicyclic) bond motifs is 2. The summed E-state index contributed by atoms with van der Waals surface area (Å²) in [6.07, 6.45) is 1.70. The number of furan rings is 1. The number of halogens is 1. The van der Waals surface area contributed by atoms with Gasteiger partial charge in [-0.3, -0.25) is 9.36 Å². The van der Waals surface area contributed by atoms with Gasteiger partial charge in [-0.15, -0.1) is 0 Å². The zero-order chi connectivity index (χ0) is 27.3. The van der Waals surface area contributed by atoms with E-state index >= 15 is 0 Å². The Bertz CT molecular complexity index is 1850. The van der Waals surface area contributed by atoms with Gasteiger partial charge in [-0.05, 0) is 68.3 Å². The molecule has 198 valence electrons. The number of carbonyl (C=O) groups is 1. The van der Waals surface area contributed by atoms with Crippen LogP contribution in [0, 0.1) is 6.92 Å². The molecule has 2 aliphatic rings. The van der Waals surface area contributed by atoms with Gasteiger partial charge in [0.15, 0.2) is 16.3 Å². The first kappa shape index (κ1) is 25.4. The fourth-order valence-corrected chi connectivity index (χ4v) is 6.43. The summed E-state index contributed by atoms with van der Waals surface area (Å²) in [5.74, 6) is 1.86. The molecule has 10 heteroatoms. The molecule has 2 aliphatic heterocycles. The lowest BCUT2D eigenvalue weighted by molar-refractivity contribution is -0.139. The molecule has 0 spiro atoms. The highest BCUT2D eigenvalue weighted by atomic mass is 79.9. The van der Waals surface area contributed by atoms with Crippen molar-refractivity contribution in [3.63, 3.8) is 0 Å². The first-order valence-corrected chi connectivity index (χ1v) is 13.9. The van der Waals surface area contributed by atoms with Gasteiger partial charge < -0.3 is 18.6 Å². The molecule has 8 nitrogen and oxygen atoms in total. The Labute approximate surface area is 235 Å². The van der Waals surface area contributed by atoms with E-state index in [0.29, 0.717) is 49.2 Å². The lowest BCUT2D eigenvalue weighted by Gasteiger charge is -2.24. The van der Waals surface area contributed by atoms with E-state index in [1.54, 1.807) is 32.1 Å². The van der Waals surface area contributed by atoms with Crippen molar-refractivity contribution in [3.05, 3.63) is 101 Å². The number of hydrogen-bond donors (Lipinski definition) is 0. The molecule has 39 heavy (non-hydrogen) atoms. The van der Waals surface area contributed by atoms with Gasteiger partial charge in [0.05, 0.1) is 28.5 Å². The van der Waals surface area contributed by atoms with Crippen molar-refractivity contribution in [1.82, 2.24) is 4.57 Å². The van der Waals surface area contributed by atoms with Gasteiger partial charge in [0.25, 0.3) is 5.56 Å². The molecule has 4 aromatic rings. The minimum absolute atomic E-state index is 0.117. The maximum atomic E-state index is 13.8. The Balaban J connectivity index is 1.48. The molecule has 0 N–H and O–H groups in total. The third kappa shape index (κ3) is 4.53. The summed E-state index contributed by atoms with van der Waals surface area (Å²) in [6, 6.07) is 14.4. The van der Waals surface area contributed by atoms with Crippen LogP contribution in [-0.2, 0) is 9.53 Å². The summed E-state index contributed by atoms with van der Waals surface area (Å²) in [6.45, 7) is 5.83. The molecular weight excluding hydrogens is 584 g/mol. The van der Waals surface area contributed by atoms with E-state index in [9.17, 15) is 9.59 Å². The number of thiazole rings is 1. The zero-order valence-corrected chi connectivity index (χ0v) is 23.7. The van der Waals surface area contributed by atoms with Crippen LogP contribution in [-0.4, -0.2) is 23.9 Å². The number of carbonyl (C=O) groups excluding carboxylic acids is 1. The van der Waals surface area contributed by atoms with E-state index in [4.69, 9.17) is 18.6 Å². The lowest BCUT2D eigenvalue weighted by Crippen LogP contribution is -2.39. The van der Waals surface area contributed by atoms with E-state index in [1.807, 2.05) is 43.3 Å². The quantitative estimate of drug-likeness (QED) is 0.301. The second-order valence-corrected chi connectivity index (χ2v) is 11.0. The number of ether oxygens (including phenoxy) is 3. The summed E-state index contributed by atoms with van der Waals surface area (Å²) >= 11 is 4.84. The molecule has 0 saturated carbocycles. The van der Waals surface area contributed by atoms with Gasteiger partial charge >= 0.3 is 5.97 Å². The Hall–Kier alpha value is -3.89. The number of allylic oxidation sites excluding steroid dienone is 1. The summed E-state index contributed by atoms with van der Waals surface area (Å²) < 4.78 is 25.4. The van der Waals surface area contributed by atoms with E-state index in [1.165, 1.54) is 15.9 Å². The molecule has 4 heterocycles. The predicted octanol–water partition coefficient (Wildman–Crippen LogP) is 4.86. The third-order valence-corrected chi connectivity index (χ3v) is 8.16. The van der Waals surface area contributed by atoms with Crippen molar-refractivity contribution in [2.45, 2.75) is 26.8 Å². The number of aromatic nitrogens is 1. The number of hydrogen-bond acceptors (Lipinski definition) is 8. The van der Waals surface area contributed by atoms with Gasteiger partial charge in [-0.25, -0.2) is 9.79 Å². The van der Waals surface area contributed by atoms with Crippen LogP contribution in [0.4, 0.5) is 0 Å². The summed E-state index contributed by atoms with van der Waals surface area (Å²) in [7, 11) is 0. The first-order valence-electron chi connectivity index (χ1n) is 12.3. The smallest absolute Gasteiger partial charge is 0.338 e. The molecule has 0 amide bonds. The Kier molecular flexibility index (Phi) is 6.52. The van der Waals surface area contributed by atoms with Crippen LogP contribution >= 0.6 is 27.3 Å². The molecule has 2 aromatic heterocycles. The number of rotatable bonds is 5. The average Bonchev–Trinajstić information content (AvgIpc) is 3.63. The minimum Gasteiger partial charge on any atom is -0.463 e. The Morgan fingerprint density at radius 2 is 1.97 bits per heavy atom. The largest absolute Gasteiger partial charge is 0.463 e. The van der Waals surface area contributed by atoms with Crippen molar-refractivity contribution in [2.75, 3.05) is 13.4 Å². The van der Waals surface area contributed by atoms with Crippen LogP contribution in [0.3, 0.4) is 0 Å². The van der Waals surface area contributed by atoms with Gasteiger partial charge in [-0.1, -0.05) is 39.4 Å². The molecule has 6 rings (SSSR count). The second kappa shape index (κ2) is 10.0. The van der Waals surface area contributed by atoms with Crippen LogP contribution in [0.5, 0.6) is 11.5 Å². The van der Waals surface area contributed by atoms with E-state index in [2.05, 4.69) is 20.9 Å². The molecule has 1 atom stereocenters. The Morgan fingerprint density at radius 1 is 1.15 bits per heavy atom. The molecule has 0 bridgehead atoms. The van der Waals surface area contributed by atoms with E-state index in [0.717, 1.165) is 15.6 Å². The van der Waals surface area contributed by atoms with E-state index < -0.39 is 12.0 Å². The van der Waals surface area contributed by atoms with Gasteiger partial charge in [-0.2, -0.15) is 0 Å². The number of benzene rings is 2. The average molecular weight is 607 g/mol. The van der Waals surface area contributed by atoms with Crippen molar-refractivity contribution < 1.29 is 23.4 Å². The third-order valence-electron chi connectivity index (χ3n) is 6.52. The van der Waals surface area contributed by atoms with Crippen LogP contribution < -0.4 is 24.4 Å². The van der Waals surface area contributed by atoms with Crippen LogP contribution in [0.15, 0.2) is 78.5 Å². The highest BCUT2D eigenvalue weighted by Crippen LogP contribution is 2.38. The van der Waals surface area contributed by atoms with Crippen LogP contribution in [0.25, 0.3) is 17.4 Å². The zero-order valence-electron chi connectivity index (χ0n) is 21.3. The first-order chi connectivity index (χ1) is 18.8. The standard InChI is InChI=1S/C29H23BrN2O6S/c1-4-35-28(34)25-16(3)31-29-32(26(25)17-6-9-22-23(12-17)37-14-36-22)27(33)24(39-29)13-18-7-10-21(38-18)19-8-5-15(2)11-20(19)30/h5-13,26H,4,14H2,1-3H3/b24-13-/t26-/m1/s1. The molecule has 0 radical (unpaired) electrons. The minimum atomic E-state index is -0.743. The molecule has 2 aromatic carbocycles. The lowest BCUT2D eigenvalue weighted by atomic mass is 9.95. The molecule has 0 fully saturated rings. The summed E-state index contributed by atoms with van der Waals surface area (Å²) in [5, 5.41) is 0. The van der Waals surface area contributed by atoms with Gasteiger partial charge in [0, 0.05) is 16.1 Å². The highest BCUT2D eigenvalue weighted by molar-refractivity contribution is 9.10. The van der Waals surface area contributed by atoms with Gasteiger partial charge in [0.1, 0.15) is 11.5 Å². The summed E-state index contributed by atoms with van der Waals surface area (Å²) in [5.41, 5.74) is 3.25. The molecule has 0 saturated heterocycles. The maximum Gasteiger partial charge on any atom is 0.338 e. The van der Waals surface area contributed by atoms with Crippen molar-refractivity contribution in [3.8, 4) is 22.8 Å². The van der Waals surface area contributed by atoms with E-state index in [-0.39, 0.29) is 19.0 Å². The maximum absolute atomic E-state index is 13.8. The fourth-order valence-electron chi connectivity index (χ4n) is 4.71. The predicted molar refractivity (Wildman–Crippen MR) is 150 cm³/mol. The van der Waals surface area contributed by atoms with Crippen molar-refractivity contribution >= 4 is 39.3 Å². The van der Waals surface area contributed by atoms with Crippen molar-refractivity contribution in [1.29, 1.82) is 0 Å². The number of aryl methyl sites for hydroxylation is 1. The fraction of sp³-hybridized carbons (Fsp3) is 0.207. The summed E-state index contributed by atoms with van der Waals surface area (Å²) in [4.78, 5) is 32.0. The van der Waals surface area contributed by atoms with Crippen molar-refractivity contribution in [2.24, 2.45) is 4.99 Å². The molecule has 0 unspecified atom stereocenters. The highest BCUT2D eigenvalue weighted by Gasteiger charge is 2.34. The van der Waals surface area contributed by atoms with Crippen LogP contribution in [0.1, 0.15) is 36.8 Å². The number of nitrogens with zero attached hydrogens (tertiary/aromatic N) is 2. The normalized spacial score (nSPS) is 16.3. The van der Waals surface area contributed by atoms with Crippen LogP contribution in [0.2, 0.25) is 0 Å². The monoisotopic (exact) mass is 606 g/mol. The second-order valence-electron chi connectivity index (χ2n) is 9.10.